The molecular formula is C14H22N2O. The van der Waals surface area contributed by atoms with Crippen molar-refractivity contribution in [2.75, 3.05) is 13.1 Å². The summed E-state index contributed by atoms with van der Waals surface area (Å²) in [5, 5.41) is 0. The minimum absolute atomic E-state index is 0.245. The van der Waals surface area contributed by atoms with Gasteiger partial charge >= 0.3 is 0 Å². The van der Waals surface area contributed by atoms with E-state index in [-0.39, 0.29) is 5.92 Å². The molecular weight excluding hydrogens is 212 g/mol. The summed E-state index contributed by atoms with van der Waals surface area (Å²) in [5.74, 6) is 1.90. The molecule has 3 aliphatic rings. The zero-order chi connectivity index (χ0) is 11.8. The van der Waals surface area contributed by atoms with E-state index in [9.17, 15) is 4.79 Å². The highest BCUT2D eigenvalue weighted by atomic mass is 16.2. The fourth-order valence-corrected chi connectivity index (χ4v) is 3.76. The first-order valence-corrected chi connectivity index (χ1v) is 6.95. The molecule has 3 nitrogen and oxygen atoms in total. The summed E-state index contributed by atoms with van der Waals surface area (Å²) in [6, 6.07) is 0.337. The number of amides is 1. The Kier molecular flexibility index (Phi) is 2.95. The molecule has 1 amide bonds. The number of fused-ring (bicyclic) bond motifs is 1. The van der Waals surface area contributed by atoms with E-state index < -0.39 is 0 Å². The van der Waals surface area contributed by atoms with Crippen LogP contribution in [0.4, 0.5) is 0 Å². The molecule has 1 saturated heterocycles. The molecule has 0 spiro atoms. The summed E-state index contributed by atoms with van der Waals surface area (Å²) in [4.78, 5) is 14.5. The van der Waals surface area contributed by atoms with Crippen LogP contribution in [0.3, 0.4) is 0 Å². The minimum atomic E-state index is 0.245. The van der Waals surface area contributed by atoms with Gasteiger partial charge in [-0.05, 0) is 43.9 Å². The molecule has 3 rings (SSSR count). The second-order valence-corrected chi connectivity index (χ2v) is 5.89. The van der Waals surface area contributed by atoms with Crippen molar-refractivity contribution < 1.29 is 4.79 Å². The molecule has 1 aliphatic heterocycles. The van der Waals surface area contributed by atoms with Crippen molar-refractivity contribution >= 4 is 5.91 Å². The van der Waals surface area contributed by atoms with Crippen LogP contribution in [-0.2, 0) is 4.79 Å². The summed E-state index contributed by atoms with van der Waals surface area (Å²) in [6.07, 6.45) is 9.78. The molecule has 1 heterocycles. The third-order valence-corrected chi connectivity index (χ3v) is 4.84. The van der Waals surface area contributed by atoms with Crippen LogP contribution in [0.15, 0.2) is 12.2 Å². The highest BCUT2D eigenvalue weighted by Crippen LogP contribution is 2.38. The lowest BCUT2D eigenvalue weighted by atomic mass is 9.93. The molecule has 0 aromatic carbocycles. The number of likely N-dealkylation sites (tertiary alicyclic amines) is 1. The maximum atomic E-state index is 12.4. The highest BCUT2D eigenvalue weighted by Gasteiger charge is 2.43. The number of allylic oxidation sites excluding steroid dienone is 2. The SMILES string of the molecule is NC1CCC2CN(C(=O)C3CC=CCC3)CC12. The Labute approximate surface area is 103 Å². The number of hydrogen-bond donors (Lipinski definition) is 1. The van der Waals surface area contributed by atoms with Gasteiger partial charge in [-0.3, -0.25) is 4.79 Å². The van der Waals surface area contributed by atoms with E-state index in [4.69, 9.17) is 5.73 Å². The maximum absolute atomic E-state index is 12.4. The summed E-state index contributed by atoms with van der Waals surface area (Å²) in [7, 11) is 0. The van der Waals surface area contributed by atoms with Gasteiger partial charge in [0.15, 0.2) is 0 Å². The lowest BCUT2D eigenvalue weighted by Gasteiger charge is -2.25. The van der Waals surface area contributed by atoms with E-state index in [1.807, 2.05) is 0 Å². The van der Waals surface area contributed by atoms with Gasteiger partial charge < -0.3 is 10.6 Å². The van der Waals surface area contributed by atoms with Crippen LogP contribution in [0.5, 0.6) is 0 Å². The van der Waals surface area contributed by atoms with E-state index in [1.165, 1.54) is 6.42 Å². The lowest BCUT2D eigenvalue weighted by Crippen LogP contribution is -2.37. The van der Waals surface area contributed by atoms with Gasteiger partial charge in [0, 0.05) is 25.0 Å². The minimum Gasteiger partial charge on any atom is -0.342 e. The molecule has 4 unspecified atom stereocenters. The average molecular weight is 234 g/mol. The molecule has 0 radical (unpaired) electrons. The Morgan fingerprint density at radius 2 is 2.06 bits per heavy atom. The van der Waals surface area contributed by atoms with Crippen molar-refractivity contribution in [3.63, 3.8) is 0 Å². The van der Waals surface area contributed by atoms with Crippen LogP contribution in [-0.4, -0.2) is 29.9 Å². The number of carbonyl (C=O) groups is 1. The van der Waals surface area contributed by atoms with Crippen LogP contribution in [0, 0.1) is 17.8 Å². The summed E-state index contributed by atoms with van der Waals surface area (Å²) in [5.41, 5.74) is 6.11. The van der Waals surface area contributed by atoms with Gasteiger partial charge in [-0.25, -0.2) is 0 Å². The molecule has 1 saturated carbocycles. The molecule has 2 fully saturated rings. The van der Waals surface area contributed by atoms with E-state index in [1.54, 1.807) is 0 Å². The summed E-state index contributed by atoms with van der Waals surface area (Å²) >= 11 is 0. The topological polar surface area (TPSA) is 46.3 Å². The second kappa shape index (κ2) is 4.45. The van der Waals surface area contributed by atoms with E-state index >= 15 is 0 Å². The first kappa shape index (κ1) is 11.3. The van der Waals surface area contributed by atoms with Crippen LogP contribution in [0.25, 0.3) is 0 Å². The van der Waals surface area contributed by atoms with Crippen LogP contribution in [0.1, 0.15) is 32.1 Å². The number of carbonyl (C=O) groups excluding carboxylic acids is 1. The molecule has 0 aromatic heterocycles. The van der Waals surface area contributed by atoms with Gasteiger partial charge in [0.2, 0.25) is 5.91 Å². The number of hydrogen-bond acceptors (Lipinski definition) is 2. The van der Waals surface area contributed by atoms with Crippen molar-refractivity contribution in [1.82, 2.24) is 4.90 Å². The van der Waals surface area contributed by atoms with Gasteiger partial charge in [0.1, 0.15) is 0 Å². The molecule has 4 atom stereocenters. The standard InChI is InChI=1S/C14H22N2O/c15-13-7-6-11-8-16(9-12(11)13)14(17)10-4-2-1-3-5-10/h1-2,10-13H,3-9,15H2. The average Bonchev–Trinajstić information content (AvgIpc) is 2.92. The Morgan fingerprint density at radius 1 is 1.18 bits per heavy atom. The number of nitrogens with zero attached hydrogens (tertiary/aromatic N) is 1. The highest BCUT2D eigenvalue weighted by molar-refractivity contribution is 5.79. The van der Waals surface area contributed by atoms with Gasteiger partial charge in [0.25, 0.3) is 0 Å². The Hall–Kier alpha value is -0.830. The predicted molar refractivity (Wildman–Crippen MR) is 67.3 cm³/mol. The zero-order valence-electron chi connectivity index (χ0n) is 10.3. The summed E-state index contributed by atoms with van der Waals surface area (Å²) in [6.45, 7) is 1.89. The first-order valence-electron chi connectivity index (χ1n) is 6.95. The quantitative estimate of drug-likeness (QED) is 0.700. The van der Waals surface area contributed by atoms with Crippen molar-refractivity contribution in [3.05, 3.63) is 12.2 Å². The van der Waals surface area contributed by atoms with Crippen molar-refractivity contribution in [3.8, 4) is 0 Å². The van der Waals surface area contributed by atoms with Crippen molar-refractivity contribution in [2.45, 2.75) is 38.1 Å². The van der Waals surface area contributed by atoms with Crippen molar-refractivity contribution in [1.29, 1.82) is 0 Å². The van der Waals surface area contributed by atoms with Gasteiger partial charge in [-0.15, -0.1) is 0 Å². The van der Waals surface area contributed by atoms with E-state index in [2.05, 4.69) is 17.1 Å². The summed E-state index contributed by atoms with van der Waals surface area (Å²) < 4.78 is 0. The monoisotopic (exact) mass is 234 g/mol. The number of rotatable bonds is 1. The Bertz CT molecular complexity index is 339. The third-order valence-electron chi connectivity index (χ3n) is 4.84. The van der Waals surface area contributed by atoms with Crippen LogP contribution in [0.2, 0.25) is 0 Å². The molecule has 17 heavy (non-hydrogen) atoms. The Morgan fingerprint density at radius 3 is 2.76 bits per heavy atom. The second-order valence-electron chi connectivity index (χ2n) is 5.89. The first-order chi connectivity index (χ1) is 8.25. The largest absolute Gasteiger partial charge is 0.342 e. The lowest BCUT2D eigenvalue weighted by molar-refractivity contribution is -0.135. The predicted octanol–water partition coefficient (Wildman–Crippen LogP) is 1.54. The molecule has 0 aromatic rings. The van der Waals surface area contributed by atoms with Gasteiger partial charge in [-0.1, -0.05) is 12.2 Å². The molecule has 3 heteroatoms. The van der Waals surface area contributed by atoms with Crippen molar-refractivity contribution in [2.24, 2.45) is 23.5 Å². The Balaban J connectivity index is 1.62. The maximum Gasteiger partial charge on any atom is 0.226 e. The fourth-order valence-electron chi connectivity index (χ4n) is 3.76. The smallest absolute Gasteiger partial charge is 0.226 e. The normalized spacial score (nSPS) is 40.6. The van der Waals surface area contributed by atoms with E-state index in [0.717, 1.165) is 38.8 Å². The zero-order valence-corrected chi connectivity index (χ0v) is 10.3. The molecule has 94 valence electrons. The van der Waals surface area contributed by atoms with Gasteiger partial charge in [0.05, 0.1) is 0 Å². The molecule has 2 N–H and O–H groups in total. The third kappa shape index (κ3) is 2.01. The molecule has 2 aliphatic carbocycles. The molecule has 0 bridgehead atoms. The van der Waals surface area contributed by atoms with Crippen LogP contribution >= 0.6 is 0 Å². The fraction of sp³-hybridized carbons (Fsp3) is 0.786. The van der Waals surface area contributed by atoms with E-state index in [0.29, 0.717) is 23.8 Å². The van der Waals surface area contributed by atoms with Crippen LogP contribution < -0.4 is 5.73 Å². The number of nitrogens with two attached hydrogens (primary N) is 1. The van der Waals surface area contributed by atoms with Gasteiger partial charge in [-0.2, -0.15) is 0 Å².